The van der Waals surface area contributed by atoms with E-state index in [2.05, 4.69) is 14.6 Å². The third-order valence-corrected chi connectivity index (χ3v) is 5.45. The molecule has 0 saturated heterocycles. The molecule has 0 saturated carbocycles. The van der Waals surface area contributed by atoms with E-state index < -0.39 is 6.36 Å². The summed E-state index contributed by atoms with van der Waals surface area (Å²) in [4.78, 5) is 21.3. The topological polar surface area (TPSA) is 45.7 Å². The zero-order chi connectivity index (χ0) is 23.8. The number of hydrogen-bond donors (Lipinski definition) is 0. The molecular formula is C25H24F3N3O2. The van der Waals surface area contributed by atoms with Crippen LogP contribution in [-0.4, -0.2) is 41.1 Å². The molecule has 1 aromatic heterocycles. The lowest BCUT2D eigenvalue weighted by Gasteiger charge is -2.16. The number of ether oxygens (including phenoxy) is 1. The second-order valence-electron chi connectivity index (χ2n) is 8.46. The van der Waals surface area contributed by atoms with Crippen molar-refractivity contribution in [2.45, 2.75) is 32.9 Å². The zero-order valence-electron chi connectivity index (χ0n) is 18.6. The Kier molecular flexibility index (Phi) is 6.12. The van der Waals surface area contributed by atoms with Crippen LogP contribution in [0.1, 0.15) is 32.7 Å². The molecule has 0 atom stereocenters. The van der Waals surface area contributed by atoms with Gasteiger partial charge in [0.25, 0.3) is 5.91 Å². The maximum atomic E-state index is 13.0. The van der Waals surface area contributed by atoms with E-state index >= 15 is 0 Å². The Labute approximate surface area is 190 Å². The summed E-state index contributed by atoms with van der Waals surface area (Å²) < 4.78 is 41.0. The van der Waals surface area contributed by atoms with Gasteiger partial charge in [-0.15, -0.1) is 13.2 Å². The van der Waals surface area contributed by atoms with Crippen molar-refractivity contribution < 1.29 is 22.7 Å². The molecule has 4 rings (SSSR count). The third-order valence-electron chi connectivity index (χ3n) is 5.45. The number of aromatic nitrogens is 1. The number of nitrogens with zero attached hydrogens (tertiary/aromatic N) is 3. The number of halogens is 3. The quantitative estimate of drug-likeness (QED) is 0.514. The molecule has 0 aliphatic carbocycles. The number of benzene rings is 2. The highest BCUT2D eigenvalue weighted by Crippen LogP contribution is 2.32. The van der Waals surface area contributed by atoms with Gasteiger partial charge in [0.1, 0.15) is 5.75 Å². The molecule has 0 fully saturated rings. The maximum Gasteiger partial charge on any atom is 0.573 e. The van der Waals surface area contributed by atoms with Crippen LogP contribution in [0.4, 0.5) is 13.2 Å². The van der Waals surface area contributed by atoms with Gasteiger partial charge in [-0.2, -0.15) is 0 Å². The van der Waals surface area contributed by atoms with E-state index in [0.717, 1.165) is 40.1 Å². The van der Waals surface area contributed by atoms with Crippen LogP contribution >= 0.6 is 0 Å². The number of aryl methyl sites for hydroxylation is 1. The summed E-state index contributed by atoms with van der Waals surface area (Å²) in [6.07, 6.45) is -2.88. The number of amides is 1. The fourth-order valence-electron chi connectivity index (χ4n) is 4.05. The molecule has 172 valence electrons. The van der Waals surface area contributed by atoms with Crippen molar-refractivity contribution in [2.75, 3.05) is 14.1 Å². The molecule has 5 nitrogen and oxygen atoms in total. The molecule has 0 bridgehead atoms. The summed E-state index contributed by atoms with van der Waals surface area (Å²) in [6.45, 7) is 3.42. The van der Waals surface area contributed by atoms with Gasteiger partial charge in [0.05, 0.1) is 5.69 Å². The Bertz CT molecular complexity index is 1160. The minimum absolute atomic E-state index is 0.0795. The molecule has 2 heterocycles. The fourth-order valence-corrected chi connectivity index (χ4v) is 4.05. The predicted molar refractivity (Wildman–Crippen MR) is 119 cm³/mol. The second-order valence-corrected chi connectivity index (χ2v) is 8.46. The standard InChI is InChI=1S/C25H24F3N3O2/c1-16-10-19(18-6-7-21(29-12-18)15-30(2)3)11-20-14-31(24(32)23(16)20)13-17-4-8-22(9-5-17)33-25(26,27)28/h4-12H,13-15H2,1-3H3. The number of carbonyl (C=O) groups is 1. The van der Waals surface area contributed by atoms with E-state index in [-0.39, 0.29) is 11.7 Å². The Morgan fingerprint density at radius 1 is 1.06 bits per heavy atom. The van der Waals surface area contributed by atoms with Gasteiger partial charge in [-0.25, -0.2) is 0 Å². The molecule has 1 aliphatic heterocycles. The van der Waals surface area contributed by atoms with Gasteiger partial charge in [-0.3, -0.25) is 9.78 Å². The lowest BCUT2D eigenvalue weighted by molar-refractivity contribution is -0.274. The Balaban J connectivity index is 1.50. The van der Waals surface area contributed by atoms with Crippen LogP contribution in [0, 0.1) is 6.92 Å². The first-order valence-electron chi connectivity index (χ1n) is 10.5. The molecular weight excluding hydrogens is 431 g/mol. The molecule has 3 aromatic rings. The van der Waals surface area contributed by atoms with Crippen molar-refractivity contribution in [2.24, 2.45) is 0 Å². The minimum atomic E-state index is -4.73. The number of alkyl halides is 3. The molecule has 2 aromatic carbocycles. The highest BCUT2D eigenvalue weighted by molar-refractivity contribution is 6.00. The van der Waals surface area contributed by atoms with Gasteiger partial charge in [0.2, 0.25) is 0 Å². The van der Waals surface area contributed by atoms with Gasteiger partial charge in [0.15, 0.2) is 0 Å². The summed E-state index contributed by atoms with van der Waals surface area (Å²) in [5.74, 6) is -0.364. The van der Waals surface area contributed by atoms with Crippen LogP contribution in [-0.2, 0) is 19.6 Å². The monoisotopic (exact) mass is 455 g/mol. The van der Waals surface area contributed by atoms with Crippen LogP contribution in [0.2, 0.25) is 0 Å². The summed E-state index contributed by atoms with van der Waals surface area (Å²) >= 11 is 0. The normalized spacial score (nSPS) is 13.5. The van der Waals surface area contributed by atoms with Crippen LogP contribution in [0.15, 0.2) is 54.7 Å². The third kappa shape index (κ3) is 5.34. The maximum absolute atomic E-state index is 13.0. The van der Waals surface area contributed by atoms with Gasteiger partial charge in [-0.1, -0.05) is 24.3 Å². The largest absolute Gasteiger partial charge is 0.573 e. The van der Waals surface area contributed by atoms with Gasteiger partial charge >= 0.3 is 6.36 Å². The molecule has 33 heavy (non-hydrogen) atoms. The van der Waals surface area contributed by atoms with Crippen LogP contribution in [0.3, 0.4) is 0 Å². The molecule has 1 amide bonds. The van der Waals surface area contributed by atoms with Gasteiger partial charge in [-0.05, 0) is 67.5 Å². The van der Waals surface area contributed by atoms with Crippen LogP contribution in [0.25, 0.3) is 11.1 Å². The van der Waals surface area contributed by atoms with Crippen molar-refractivity contribution in [1.82, 2.24) is 14.8 Å². The summed E-state index contributed by atoms with van der Waals surface area (Å²) in [7, 11) is 3.99. The number of carbonyl (C=O) groups excluding carboxylic acids is 1. The fraction of sp³-hybridized carbons (Fsp3) is 0.280. The Morgan fingerprint density at radius 3 is 2.39 bits per heavy atom. The Hall–Kier alpha value is -3.39. The molecule has 0 unspecified atom stereocenters. The van der Waals surface area contributed by atoms with Crippen molar-refractivity contribution in [3.63, 3.8) is 0 Å². The van der Waals surface area contributed by atoms with Crippen LogP contribution < -0.4 is 4.74 Å². The summed E-state index contributed by atoms with van der Waals surface area (Å²) in [5.41, 5.74) is 6.20. The average Bonchev–Trinajstić information content (AvgIpc) is 3.04. The number of hydrogen-bond acceptors (Lipinski definition) is 4. The molecule has 8 heteroatoms. The first kappa shape index (κ1) is 22.8. The smallest absolute Gasteiger partial charge is 0.406 e. The first-order chi connectivity index (χ1) is 15.6. The first-order valence-corrected chi connectivity index (χ1v) is 10.5. The summed E-state index contributed by atoms with van der Waals surface area (Å²) in [6, 6.07) is 13.6. The van der Waals surface area contributed by atoms with E-state index in [4.69, 9.17) is 0 Å². The predicted octanol–water partition coefficient (Wildman–Crippen LogP) is 5.17. The van der Waals surface area contributed by atoms with E-state index in [9.17, 15) is 18.0 Å². The molecule has 0 N–H and O–H groups in total. The van der Waals surface area contributed by atoms with E-state index in [1.807, 2.05) is 51.5 Å². The number of rotatable bonds is 6. The van der Waals surface area contributed by atoms with Gasteiger partial charge in [0, 0.05) is 37.0 Å². The van der Waals surface area contributed by atoms with Gasteiger partial charge < -0.3 is 14.5 Å². The average molecular weight is 455 g/mol. The van der Waals surface area contributed by atoms with Crippen molar-refractivity contribution in [3.8, 4) is 16.9 Å². The zero-order valence-corrected chi connectivity index (χ0v) is 18.6. The second kappa shape index (κ2) is 8.86. The molecule has 0 spiro atoms. The van der Waals surface area contributed by atoms with E-state index in [1.54, 1.807) is 4.90 Å². The number of fused-ring (bicyclic) bond motifs is 1. The number of pyridine rings is 1. The van der Waals surface area contributed by atoms with E-state index in [1.165, 1.54) is 24.3 Å². The highest BCUT2D eigenvalue weighted by Gasteiger charge is 2.32. The lowest BCUT2D eigenvalue weighted by atomic mass is 9.97. The lowest BCUT2D eigenvalue weighted by Crippen LogP contribution is -2.23. The van der Waals surface area contributed by atoms with Crippen molar-refractivity contribution in [3.05, 3.63) is 82.7 Å². The SMILES string of the molecule is Cc1cc(-c2ccc(CN(C)C)nc2)cc2c1C(=O)N(Cc1ccc(OC(F)(F)F)cc1)C2. The van der Waals surface area contributed by atoms with E-state index in [0.29, 0.717) is 18.7 Å². The summed E-state index contributed by atoms with van der Waals surface area (Å²) in [5, 5.41) is 0. The minimum Gasteiger partial charge on any atom is -0.406 e. The molecule has 0 radical (unpaired) electrons. The van der Waals surface area contributed by atoms with Crippen molar-refractivity contribution in [1.29, 1.82) is 0 Å². The van der Waals surface area contributed by atoms with Crippen molar-refractivity contribution >= 4 is 5.91 Å². The highest BCUT2D eigenvalue weighted by atomic mass is 19.4. The Morgan fingerprint density at radius 2 is 1.79 bits per heavy atom. The van der Waals surface area contributed by atoms with Crippen LogP contribution in [0.5, 0.6) is 5.75 Å². The molecule has 1 aliphatic rings.